The van der Waals surface area contributed by atoms with E-state index >= 15 is 0 Å². The second-order valence-corrected chi connectivity index (χ2v) is 6.63. The third-order valence-electron chi connectivity index (χ3n) is 3.04. The fourth-order valence-electron chi connectivity index (χ4n) is 2.06. The highest BCUT2D eigenvalue weighted by Crippen LogP contribution is 2.36. The van der Waals surface area contributed by atoms with Crippen molar-refractivity contribution >= 4 is 33.3 Å². The Morgan fingerprint density at radius 1 is 1.35 bits per heavy atom. The first-order valence-electron chi connectivity index (χ1n) is 5.87. The Balaban J connectivity index is 2.57. The van der Waals surface area contributed by atoms with Gasteiger partial charge < -0.3 is 9.47 Å². The van der Waals surface area contributed by atoms with E-state index in [1.165, 1.54) is 30.7 Å². The zero-order chi connectivity index (χ0) is 14.9. The molecule has 1 aromatic carbocycles. The first-order valence-corrected chi connectivity index (χ1v) is 7.85. The van der Waals surface area contributed by atoms with Crippen molar-refractivity contribution < 1.29 is 22.7 Å². The van der Waals surface area contributed by atoms with Gasteiger partial charge in [0.05, 0.1) is 36.2 Å². The Kier molecular flexibility index (Phi) is 4.10. The zero-order valence-corrected chi connectivity index (χ0v) is 12.6. The third-order valence-corrected chi connectivity index (χ3v) is 5.30. The number of halogens is 1. The monoisotopic (exact) mass is 319 g/mol. The summed E-state index contributed by atoms with van der Waals surface area (Å²) in [5.41, 5.74) is 0.426. The summed E-state index contributed by atoms with van der Waals surface area (Å²) in [4.78, 5) is 11.7. The molecular weight excluding hydrogens is 306 g/mol. The van der Waals surface area contributed by atoms with Crippen LogP contribution in [0.2, 0.25) is 5.02 Å². The van der Waals surface area contributed by atoms with Crippen LogP contribution < -0.4 is 9.04 Å². The van der Waals surface area contributed by atoms with Crippen LogP contribution >= 0.6 is 11.6 Å². The number of sulfonamides is 1. The highest BCUT2D eigenvalue weighted by Gasteiger charge is 2.30. The van der Waals surface area contributed by atoms with Gasteiger partial charge in [0.1, 0.15) is 5.75 Å². The van der Waals surface area contributed by atoms with Crippen LogP contribution in [0.15, 0.2) is 12.1 Å². The average molecular weight is 320 g/mol. The lowest BCUT2D eigenvalue weighted by Crippen LogP contribution is -2.25. The molecule has 8 heteroatoms. The summed E-state index contributed by atoms with van der Waals surface area (Å²) in [6.07, 6.45) is 0.542. The van der Waals surface area contributed by atoms with Gasteiger partial charge in [-0.15, -0.1) is 0 Å². The van der Waals surface area contributed by atoms with E-state index in [1.54, 1.807) is 0 Å². The molecular formula is C12H14ClNO5S. The molecule has 0 aliphatic carbocycles. The van der Waals surface area contributed by atoms with E-state index in [9.17, 15) is 13.2 Å². The van der Waals surface area contributed by atoms with Gasteiger partial charge in [0.2, 0.25) is 10.0 Å². The number of nitrogens with zero attached hydrogens (tertiary/aromatic N) is 1. The zero-order valence-electron chi connectivity index (χ0n) is 11.1. The normalized spacial score (nSPS) is 17.1. The van der Waals surface area contributed by atoms with Crippen molar-refractivity contribution in [3.63, 3.8) is 0 Å². The first kappa shape index (κ1) is 14.9. The summed E-state index contributed by atoms with van der Waals surface area (Å²) in [6, 6.07) is 2.90. The number of hydrogen-bond donors (Lipinski definition) is 0. The quantitative estimate of drug-likeness (QED) is 0.792. The standard InChI is InChI=1S/C12H14ClNO5S/c1-18-10-7-8(14-4-3-5-20(14,16)17)6-9(11(10)13)12(15)19-2/h6-7H,3-5H2,1-2H3. The summed E-state index contributed by atoms with van der Waals surface area (Å²) in [7, 11) is -0.725. The van der Waals surface area contributed by atoms with E-state index in [1.807, 2.05) is 0 Å². The minimum atomic E-state index is -3.34. The highest BCUT2D eigenvalue weighted by molar-refractivity contribution is 7.93. The Labute approximate surface area is 122 Å². The number of ether oxygens (including phenoxy) is 2. The molecule has 0 atom stereocenters. The van der Waals surface area contributed by atoms with E-state index in [0.717, 1.165) is 0 Å². The van der Waals surface area contributed by atoms with Gasteiger partial charge in [0.15, 0.2) is 0 Å². The first-order chi connectivity index (χ1) is 9.40. The number of rotatable bonds is 3. The molecule has 0 aromatic heterocycles. The van der Waals surface area contributed by atoms with Crippen LogP contribution in [0.5, 0.6) is 5.75 Å². The average Bonchev–Trinajstić information content (AvgIpc) is 2.78. The second kappa shape index (κ2) is 5.49. The lowest BCUT2D eigenvalue weighted by molar-refractivity contribution is 0.0600. The van der Waals surface area contributed by atoms with Crippen LogP contribution in [0.25, 0.3) is 0 Å². The Morgan fingerprint density at radius 3 is 2.55 bits per heavy atom. The lowest BCUT2D eigenvalue weighted by atomic mass is 10.2. The van der Waals surface area contributed by atoms with Crippen LogP contribution in [0, 0.1) is 0 Å². The van der Waals surface area contributed by atoms with Crippen molar-refractivity contribution in [3.05, 3.63) is 22.7 Å². The third kappa shape index (κ3) is 2.55. The minimum Gasteiger partial charge on any atom is -0.495 e. The Bertz CT molecular complexity index is 643. The number of carbonyl (C=O) groups is 1. The molecule has 2 rings (SSSR count). The fraction of sp³-hybridized carbons (Fsp3) is 0.417. The molecule has 0 N–H and O–H groups in total. The summed E-state index contributed by atoms with van der Waals surface area (Å²) in [5, 5.41) is 0.0969. The molecule has 1 heterocycles. The van der Waals surface area contributed by atoms with Crippen LogP contribution in [0.1, 0.15) is 16.8 Å². The molecule has 1 fully saturated rings. The summed E-state index contributed by atoms with van der Waals surface area (Å²) >= 11 is 6.04. The van der Waals surface area contributed by atoms with Crippen molar-refractivity contribution in [1.82, 2.24) is 0 Å². The molecule has 6 nitrogen and oxygen atoms in total. The molecule has 0 spiro atoms. The molecule has 1 aliphatic rings. The number of methoxy groups -OCH3 is 2. The van der Waals surface area contributed by atoms with Gasteiger partial charge in [-0.1, -0.05) is 11.6 Å². The van der Waals surface area contributed by atoms with Gasteiger partial charge in [0.25, 0.3) is 0 Å². The molecule has 0 radical (unpaired) electrons. The summed E-state index contributed by atoms with van der Waals surface area (Å²) in [5.74, 6) is -0.329. The topological polar surface area (TPSA) is 72.9 Å². The number of anilines is 1. The number of benzene rings is 1. The van der Waals surface area contributed by atoms with Crippen molar-refractivity contribution in [2.45, 2.75) is 6.42 Å². The predicted octanol–water partition coefficient (Wildman–Crippen LogP) is 1.68. The molecule has 0 unspecified atom stereocenters. The van der Waals surface area contributed by atoms with E-state index in [0.29, 0.717) is 18.7 Å². The molecule has 1 aromatic rings. The van der Waals surface area contributed by atoms with Gasteiger partial charge in [-0.25, -0.2) is 13.2 Å². The van der Waals surface area contributed by atoms with E-state index in [2.05, 4.69) is 4.74 Å². The van der Waals surface area contributed by atoms with Crippen LogP contribution in [0.3, 0.4) is 0 Å². The molecule has 0 bridgehead atoms. The molecule has 0 amide bonds. The maximum Gasteiger partial charge on any atom is 0.339 e. The lowest BCUT2D eigenvalue weighted by Gasteiger charge is -2.19. The minimum absolute atomic E-state index is 0.0746. The molecule has 0 saturated carbocycles. The van der Waals surface area contributed by atoms with E-state index < -0.39 is 16.0 Å². The molecule has 1 aliphatic heterocycles. The van der Waals surface area contributed by atoms with Crippen LogP contribution in [-0.2, 0) is 14.8 Å². The predicted molar refractivity (Wildman–Crippen MR) is 75.1 cm³/mol. The summed E-state index contributed by atoms with van der Waals surface area (Å²) < 4.78 is 34.8. The van der Waals surface area contributed by atoms with Crippen molar-refractivity contribution in [1.29, 1.82) is 0 Å². The van der Waals surface area contributed by atoms with Crippen molar-refractivity contribution in [2.75, 3.05) is 30.8 Å². The Hall–Kier alpha value is -1.47. The summed E-state index contributed by atoms with van der Waals surface area (Å²) in [6.45, 7) is 0.369. The van der Waals surface area contributed by atoms with Crippen LogP contribution in [0.4, 0.5) is 5.69 Å². The van der Waals surface area contributed by atoms with Crippen LogP contribution in [-0.4, -0.2) is 40.9 Å². The maximum absolute atomic E-state index is 11.9. The van der Waals surface area contributed by atoms with Gasteiger partial charge in [-0.2, -0.15) is 0 Å². The number of hydrogen-bond acceptors (Lipinski definition) is 5. The van der Waals surface area contributed by atoms with Crippen molar-refractivity contribution in [3.8, 4) is 5.75 Å². The SMILES string of the molecule is COC(=O)c1cc(N2CCCS2(=O)=O)cc(OC)c1Cl. The maximum atomic E-state index is 11.9. The van der Waals surface area contributed by atoms with Gasteiger partial charge in [0, 0.05) is 12.6 Å². The van der Waals surface area contributed by atoms with Gasteiger partial charge >= 0.3 is 5.97 Å². The number of esters is 1. The fourth-order valence-corrected chi connectivity index (χ4v) is 3.88. The van der Waals surface area contributed by atoms with E-state index in [-0.39, 0.29) is 22.1 Å². The largest absolute Gasteiger partial charge is 0.495 e. The Morgan fingerprint density at radius 2 is 2.05 bits per heavy atom. The smallest absolute Gasteiger partial charge is 0.339 e. The molecule has 1 saturated heterocycles. The van der Waals surface area contributed by atoms with Gasteiger partial charge in [-0.05, 0) is 12.5 Å². The second-order valence-electron chi connectivity index (χ2n) is 4.24. The molecule has 20 heavy (non-hydrogen) atoms. The van der Waals surface area contributed by atoms with E-state index in [4.69, 9.17) is 16.3 Å². The highest BCUT2D eigenvalue weighted by atomic mass is 35.5. The van der Waals surface area contributed by atoms with Crippen molar-refractivity contribution in [2.24, 2.45) is 0 Å². The molecule has 110 valence electrons. The number of carbonyl (C=O) groups excluding carboxylic acids is 1. The van der Waals surface area contributed by atoms with Gasteiger partial charge in [-0.3, -0.25) is 4.31 Å².